The largest absolute Gasteiger partial charge is 0.367 e. The molecular formula is C16H20N4O3. The Labute approximate surface area is 133 Å². The summed E-state index contributed by atoms with van der Waals surface area (Å²) in [5.41, 5.74) is 6.10. The summed E-state index contributed by atoms with van der Waals surface area (Å²) in [5.74, 6) is 0.207. The van der Waals surface area contributed by atoms with E-state index in [4.69, 9.17) is 10.5 Å². The van der Waals surface area contributed by atoms with Gasteiger partial charge in [0.2, 0.25) is 5.91 Å². The fourth-order valence-electron chi connectivity index (χ4n) is 2.74. The van der Waals surface area contributed by atoms with Gasteiger partial charge in [-0.1, -0.05) is 12.1 Å². The number of hydrogen-bond donors (Lipinski definition) is 2. The summed E-state index contributed by atoms with van der Waals surface area (Å²) in [7, 11) is 0. The first-order valence-electron chi connectivity index (χ1n) is 7.63. The van der Waals surface area contributed by atoms with E-state index >= 15 is 0 Å². The maximum absolute atomic E-state index is 12.4. The van der Waals surface area contributed by atoms with Gasteiger partial charge >= 0.3 is 0 Å². The summed E-state index contributed by atoms with van der Waals surface area (Å²) < 4.78 is 5.42. The van der Waals surface area contributed by atoms with Crippen LogP contribution in [0.25, 0.3) is 11.0 Å². The second-order valence-electron chi connectivity index (χ2n) is 5.96. The standard InChI is InChI=1S/C16H20N4O3/c1-16(15(17)22)10-20(8-9-23-16)14(21)7-6-13-18-11-4-2-3-5-12(11)19-13/h2-5H,6-10H2,1H3,(H2,17,22)(H,18,19)/t16-/m0/s1. The van der Waals surface area contributed by atoms with Crippen molar-refractivity contribution >= 4 is 22.8 Å². The number of nitrogens with one attached hydrogen (secondary N) is 1. The number of H-pyrrole nitrogens is 1. The number of aromatic amines is 1. The molecule has 2 amide bonds. The number of nitrogens with two attached hydrogens (primary N) is 1. The Balaban J connectivity index is 1.61. The van der Waals surface area contributed by atoms with E-state index in [2.05, 4.69) is 9.97 Å². The molecule has 1 aliphatic rings. The first kappa shape index (κ1) is 15.5. The van der Waals surface area contributed by atoms with E-state index < -0.39 is 11.5 Å². The number of ether oxygens (including phenoxy) is 1. The number of benzene rings is 1. The van der Waals surface area contributed by atoms with Crippen molar-refractivity contribution in [3.8, 4) is 0 Å². The number of fused-ring (bicyclic) bond motifs is 1. The number of hydrogen-bond acceptors (Lipinski definition) is 4. The molecule has 2 heterocycles. The summed E-state index contributed by atoms with van der Waals surface area (Å²) in [5, 5.41) is 0. The minimum Gasteiger partial charge on any atom is -0.367 e. The van der Waals surface area contributed by atoms with Crippen molar-refractivity contribution in [2.24, 2.45) is 5.73 Å². The minimum atomic E-state index is -1.10. The molecule has 1 aliphatic heterocycles. The van der Waals surface area contributed by atoms with Gasteiger partial charge < -0.3 is 20.4 Å². The van der Waals surface area contributed by atoms with Crippen LogP contribution in [0.3, 0.4) is 0 Å². The molecule has 0 unspecified atom stereocenters. The summed E-state index contributed by atoms with van der Waals surface area (Å²) in [4.78, 5) is 33.1. The van der Waals surface area contributed by atoms with Gasteiger partial charge in [0, 0.05) is 19.4 Å². The average molecular weight is 316 g/mol. The van der Waals surface area contributed by atoms with Gasteiger partial charge in [0.1, 0.15) is 5.82 Å². The van der Waals surface area contributed by atoms with Crippen LogP contribution in [-0.4, -0.2) is 52.0 Å². The van der Waals surface area contributed by atoms with E-state index in [1.54, 1.807) is 11.8 Å². The van der Waals surface area contributed by atoms with Crippen LogP contribution in [0.15, 0.2) is 24.3 Å². The molecule has 1 aromatic heterocycles. The summed E-state index contributed by atoms with van der Waals surface area (Å²) in [6.07, 6.45) is 0.854. The highest BCUT2D eigenvalue weighted by Crippen LogP contribution is 2.18. The van der Waals surface area contributed by atoms with Crippen molar-refractivity contribution in [3.05, 3.63) is 30.1 Å². The lowest BCUT2D eigenvalue weighted by molar-refractivity contribution is -0.160. The molecule has 122 valence electrons. The van der Waals surface area contributed by atoms with E-state index in [-0.39, 0.29) is 12.5 Å². The molecule has 2 aromatic rings. The third-order valence-corrected chi connectivity index (χ3v) is 4.16. The van der Waals surface area contributed by atoms with Crippen molar-refractivity contribution < 1.29 is 14.3 Å². The molecule has 7 heteroatoms. The maximum Gasteiger partial charge on any atom is 0.251 e. The van der Waals surface area contributed by atoms with Crippen molar-refractivity contribution in [1.82, 2.24) is 14.9 Å². The molecule has 23 heavy (non-hydrogen) atoms. The fourth-order valence-corrected chi connectivity index (χ4v) is 2.74. The Morgan fingerprint density at radius 3 is 2.96 bits per heavy atom. The van der Waals surface area contributed by atoms with Crippen molar-refractivity contribution in [1.29, 1.82) is 0 Å². The number of rotatable bonds is 4. The molecule has 3 rings (SSSR count). The lowest BCUT2D eigenvalue weighted by atomic mass is 10.0. The number of aryl methyl sites for hydroxylation is 1. The van der Waals surface area contributed by atoms with Gasteiger partial charge in [-0.15, -0.1) is 0 Å². The highest BCUT2D eigenvalue weighted by molar-refractivity contribution is 5.85. The number of imidazole rings is 1. The van der Waals surface area contributed by atoms with Gasteiger partial charge in [-0.05, 0) is 19.1 Å². The fraction of sp³-hybridized carbons (Fsp3) is 0.438. The smallest absolute Gasteiger partial charge is 0.251 e. The van der Waals surface area contributed by atoms with Gasteiger partial charge in [0.15, 0.2) is 5.60 Å². The predicted octanol–water partition coefficient (Wildman–Crippen LogP) is 0.598. The normalized spacial score (nSPS) is 21.5. The lowest BCUT2D eigenvalue weighted by Gasteiger charge is -2.38. The van der Waals surface area contributed by atoms with Crippen LogP contribution in [0, 0.1) is 0 Å². The Bertz CT molecular complexity index is 709. The molecule has 1 atom stereocenters. The molecular weight excluding hydrogens is 296 g/mol. The molecule has 1 saturated heterocycles. The number of aromatic nitrogens is 2. The summed E-state index contributed by atoms with van der Waals surface area (Å²) >= 11 is 0. The molecule has 7 nitrogen and oxygen atoms in total. The quantitative estimate of drug-likeness (QED) is 0.862. The van der Waals surface area contributed by atoms with Crippen LogP contribution in [0.2, 0.25) is 0 Å². The second-order valence-corrected chi connectivity index (χ2v) is 5.96. The number of morpholine rings is 1. The number of carbonyl (C=O) groups excluding carboxylic acids is 2. The highest BCUT2D eigenvalue weighted by atomic mass is 16.5. The highest BCUT2D eigenvalue weighted by Gasteiger charge is 2.39. The molecule has 0 spiro atoms. The maximum atomic E-state index is 12.4. The Morgan fingerprint density at radius 2 is 2.22 bits per heavy atom. The molecule has 0 radical (unpaired) electrons. The van der Waals surface area contributed by atoms with Gasteiger partial charge in [-0.3, -0.25) is 9.59 Å². The number of nitrogens with zero attached hydrogens (tertiary/aromatic N) is 2. The van der Waals surface area contributed by atoms with E-state index in [0.717, 1.165) is 16.9 Å². The Morgan fingerprint density at radius 1 is 1.43 bits per heavy atom. The van der Waals surface area contributed by atoms with E-state index in [9.17, 15) is 9.59 Å². The van der Waals surface area contributed by atoms with Crippen LogP contribution in [0.1, 0.15) is 19.2 Å². The van der Waals surface area contributed by atoms with Crippen molar-refractivity contribution in [2.75, 3.05) is 19.7 Å². The zero-order chi connectivity index (χ0) is 16.4. The minimum absolute atomic E-state index is 0.0266. The average Bonchev–Trinajstić information content (AvgIpc) is 2.95. The van der Waals surface area contributed by atoms with Gasteiger partial charge in [-0.2, -0.15) is 0 Å². The monoisotopic (exact) mass is 316 g/mol. The Hall–Kier alpha value is -2.41. The van der Waals surface area contributed by atoms with E-state index in [1.807, 2.05) is 24.3 Å². The number of amides is 2. The van der Waals surface area contributed by atoms with Crippen LogP contribution in [-0.2, 0) is 20.7 Å². The van der Waals surface area contributed by atoms with Crippen LogP contribution in [0.5, 0.6) is 0 Å². The first-order chi connectivity index (χ1) is 11.0. The number of para-hydroxylation sites is 2. The summed E-state index contributed by atoms with van der Waals surface area (Å²) in [6, 6.07) is 7.75. The third kappa shape index (κ3) is 3.19. The van der Waals surface area contributed by atoms with E-state index in [0.29, 0.717) is 26.0 Å². The molecule has 0 aliphatic carbocycles. The van der Waals surface area contributed by atoms with Crippen LogP contribution in [0.4, 0.5) is 0 Å². The molecule has 0 bridgehead atoms. The van der Waals surface area contributed by atoms with Crippen LogP contribution < -0.4 is 5.73 Å². The first-order valence-corrected chi connectivity index (χ1v) is 7.63. The van der Waals surface area contributed by atoms with Gasteiger partial charge in [0.05, 0.1) is 24.2 Å². The van der Waals surface area contributed by atoms with Crippen molar-refractivity contribution in [3.63, 3.8) is 0 Å². The van der Waals surface area contributed by atoms with Gasteiger partial charge in [0.25, 0.3) is 5.91 Å². The van der Waals surface area contributed by atoms with Gasteiger partial charge in [-0.25, -0.2) is 4.98 Å². The predicted molar refractivity (Wildman–Crippen MR) is 84.5 cm³/mol. The zero-order valence-electron chi connectivity index (χ0n) is 13.0. The Kier molecular flexibility index (Phi) is 4.04. The molecule has 1 fully saturated rings. The molecule has 1 aromatic carbocycles. The number of primary amides is 1. The molecule has 3 N–H and O–H groups in total. The van der Waals surface area contributed by atoms with E-state index in [1.165, 1.54) is 0 Å². The zero-order valence-corrected chi connectivity index (χ0v) is 13.0. The lowest BCUT2D eigenvalue weighted by Crippen LogP contribution is -2.58. The second kappa shape index (κ2) is 6.00. The van der Waals surface area contributed by atoms with Crippen LogP contribution >= 0.6 is 0 Å². The molecule has 0 saturated carbocycles. The van der Waals surface area contributed by atoms with Crippen molar-refractivity contribution in [2.45, 2.75) is 25.4 Å². The topological polar surface area (TPSA) is 101 Å². The summed E-state index contributed by atoms with van der Waals surface area (Å²) in [6.45, 7) is 2.60. The SMILES string of the molecule is C[C@@]1(C(N)=O)CN(C(=O)CCc2nc3ccccc3[nH]2)CCO1. The third-order valence-electron chi connectivity index (χ3n) is 4.16. The number of carbonyl (C=O) groups is 2.